The number of rotatable bonds is 3. The molecule has 0 atom stereocenters. The quantitative estimate of drug-likeness (QED) is 0.777. The second kappa shape index (κ2) is 5.62. The average molecular weight is 291 g/mol. The van der Waals surface area contributed by atoms with E-state index in [-0.39, 0.29) is 5.91 Å². The van der Waals surface area contributed by atoms with Gasteiger partial charge in [-0.25, -0.2) is 0 Å². The van der Waals surface area contributed by atoms with Gasteiger partial charge in [0.15, 0.2) is 0 Å². The van der Waals surface area contributed by atoms with Gasteiger partial charge in [0.2, 0.25) is 0 Å². The molecule has 5 heteroatoms. The number of hydrogen-bond acceptors (Lipinski definition) is 3. The number of carbonyl (C=O) groups excluding carboxylic acids is 1. The largest absolute Gasteiger partial charge is 0.497 e. The summed E-state index contributed by atoms with van der Waals surface area (Å²) in [5, 5.41) is 12.7. The van der Waals surface area contributed by atoms with Gasteiger partial charge in [0.1, 0.15) is 17.5 Å². The van der Waals surface area contributed by atoms with Gasteiger partial charge < -0.3 is 15.0 Å². The fourth-order valence-electron chi connectivity index (χ4n) is 2.23. The summed E-state index contributed by atoms with van der Waals surface area (Å²) < 4.78 is 5.16. The minimum absolute atomic E-state index is 0.294. The smallest absolute Gasteiger partial charge is 0.272 e. The van der Waals surface area contributed by atoms with Gasteiger partial charge in [-0.3, -0.25) is 4.79 Å². The third kappa shape index (κ3) is 2.50. The lowest BCUT2D eigenvalue weighted by Crippen LogP contribution is -2.13. The van der Waals surface area contributed by atoms with Gasteiger partial charge in [0.25, 0.3) is 5.91 Å². The number of nitrogens with zero attached hydrogens (tertiary/aromatic N) is 1. The molecule has 0 saturated carbocycles. The van der Waals surface area contributed by atoms with Crippen LogP contribution < -0.4 is 10.1 Å². The summed E-state index contributed by atoms with van der Waals surface area (Å²) in [6.07, 6.45) is 0. The van der Waals surface area contributed by atoms with Crippen LogP contribution in [0.25, 0.3) is 10.9 Å². The van der Waals surface area contributed by atoms with E-state index in [2.05, 4.69) is 16.4 Å². The van der Waals surface area contributed by atoms with Crippen LogP contribution in [0.1, 0.15) is 16.1 Å². The number of methoxy groups -OCH3 is 1. The van der Waals surface area contributed by atoms with Crippen LogP contribution in [0, 0.1) is 11.3 Å². The van der Waals surface area contributed by atoms with E-state index in [0.29, 0.717) is 16.9 Å². The molecule has 0 spiro atoms. The predicted octanol–water partition coefficient (Wildman–Crippen LogP) is 3.30. The lowest BCUT2D eigenvalue weighted by molar-refractivity contribution is 0.102. The molecular formula is C17H13N3O2. The Morgan fingerprint density at radius 1 is 1.23 bits per heavy atom. The number of aromatic amines is 1. The van der Waals surface area contributed by atoms with Crippen molar-refractivity contribution in [3.63, 3.8) is 0 Å². The lowest BCUT2D eigenvalue weighted by Gasteiger charge is -2.05. The molecule has 2 N–H and O–H groups in total. The molecule has 0 unspecified atom stereocenters. The zero-order valence-corrected chi connectivity index (χ0v) is 11.9. The molecule has 2 aromatic carbocycles. The maximum Gasteiger partial charge on any atom is 0.272 e. The molecule has 3 rings (SSSR count). The summed E-state index contributed by atoms with van der Waals surface area (Å²) in [5.74, 6) is 0.425. The number of anilines is 1. The summed E-state index contributed by atoms with van der Waals surface area (Å²) in [7, 11) is 1.59. The van der Waals surface area contributed by atoms with E-state index in [1.165, 1.54) is 0 Å². The Morgan fingerprint density at radius 3 is 2.82 bits per heavy atom. The first-order valence-corrected chi connectivity index (χ1v) is 6.68. The number of fused-ring (bicyclic) bond motifs is 1. The van der Waals surface area contributed by atoms with Gasteiger partial charge in [-0.2, -0.15) is 5.26 Å². The van der Waals surface area contributed by atoms with E-state index >= 15 is 0 Å². The first kappa shape index (κ1) is 13.7. The van der Waals surface area contributed by atoms with Crippen molar-refractivity contribution in [2.75, 3.05) is 12.4 Å². The Hall–Kier alpha value is -3.26. The normalized spacial score (nSPS) is 10.2. The fraction of sp³-hybridized carbons (Fsp3) is 0.0588. The Labute approximate surface area is 127 Å². The number of benzene rings is 2. The molecule has 108 valence electrons. The van der Waals surface area contributed by atoms with Crippen LogP contribution in [-0.2, 0) is 0 Å². The fourth-order valence-corrected chi connectivity index (χ4v) is 2.23. The summed E-state index contributed by atoms with van der Waals surface area (Å²) in [6.45, 7) is 0. The summed E-state index contributed by atoms with van der Waals surface area (Å²) in [6, 6.07) is 16.2. The highest BCUT2D eigenvalue weighted by Gasteiger charge is 2.12. The molecule has 1 aromatic heterocycles. The summed E-state index contributed by atoms with van der Waals surface area (Å²) in [4.78, 5) is 15.4. The van der Waals surface area contributed by atoms with Crippen LogP contribution in [0.2, 0.25) is 0 Å². The van der Waals surface area contributed by atoms with E-state index in [1.807, 2.05) is 18.2 Å². The van der Waals surface area contributed by atoms with Crippen molar-refractivity contribution in [1.82, 2.24) is 4.98 Å². The van der Waals surface area contributed by atoms with Crippen LogP contribution in [0.15, 0.2) is 48.5 Å². The van der Waals surface area contributed by atoms with E-state index in [4.69, 9.17) is 10.00 Å². The molecule has 22 heavy (non-hydrogen) atoms. The van der Waals surface area contributed by atoms with E-state index < -0.39 is 0 Å². The Bertz CT molecular complexity index is 890. The topological polar surface area (TPSA) is 77.9 Å². The number of nitriles is 1. The molecule has 0 aliphatic carbocycles. The highest BCUT2D eigenvalue weighted by atomic mass is 16.5. The van der Waals surface area contributed by atoms with Crippen molar-refractivity contribution in [1.29, 1.82) is 5.26 Å². The average Bonchev–Trinajstić information content (AvgIpc) is 2.98. The number of hydrogen-bond donors (Lipinski definition) is 2. The lowest BCUT2D eigenvalue weighted by atomic mass is 10.2. The highest BCUT2D eigenvalue weighted by Crippen LogP contribution is 2.22. The Balaban J connectivity index is 1.91. The van der Waals surface area contributed by atoms with Crippen LogP contribution >= 0.6 is 0 Å². The van der Waals surface area contributed by atoms with Crippen LogP contribution in [0.4, 0.5) is 5.69 Å². The number of carbonyl (C=O) groups is 1. The monoisotopic (exact) mass is 291 g/mol. The molecule has 1 amide bonds. The predicted molar refractivity (Wildman–Crippen MR) is 84.0 cm³/mol. The van der Waals surface area contributed by atoms with Crippen molar-refractivity contribution in [3.05, 3.63) is 59.8 Å². The van der Waals surface area contributed by atoms with Crippen LogP contribution in [0.3, 0.4) is 0 Å². The van der Waals surface area contributed by atoms with E-state index in [0.717, 1.165) is 16.7 Å². The van der Waals surface area contributed by atoms with Gasteiger partial charge >= 0.3 is 0 Å². The minimum Gasteiger partial charge on any atom is -0.497 e. The van der Waals surface area contributed by atoms with Gasteiger partial charge in [0, 0.05) is 17.0 Å². The van der Waals surface area contributed by atoms with Crippen molar-refractivity contribution < 1.29 is 9.53 Å². The van der Waals surface area contributed by atoms with Gasteiger partial charge in [-0.05, 0) is 30.3 Å². The Kier molecular flexibility index (Phi) is 3.50. The summed E-state index contributed by atoms with van der Waals surface area (Å²) >= 11 is 0. The number of ether oxygens (including phenoxy) is 1. The molecule has 0 aliphatic rings. The van der Waals surface area contributed by atoms with Crippen LogP contribution in [0.5, 0.6) is 5.75 Å². The third-order valence-electron chi connectivity index (χ3n) is 3.37. The van der Waals surface area contributed by atoms with Crippen molar-refractivity contribution >= 4 is 22.5 Å². The first-order valence-electron chi connectivity index (χ1n) is 6.68. The number of amides is 1. The Morgan fingerprint density at radius 2 is 2.05 bits per heavy atom. The molecule has 1 heterocycles. The molecule has 0 radical (unpaired) electrons. The maximum atomic E-state index is 12.3. The van der Waals surface area contributed by atoms with E-state index in [1.54, 1.807) is 37.4 Å². The zero-order valence-electron chi connectivity index (χ0n) is 11.9. The second-order valence-corrected chi connectivity index (χ2v) is 4.75. The van der Waals surface area contributed by atoms with Gasteiger partial charge in [-0.15, -0.1) is 0 Å². The highest BCUT2D eigenvalue weighted by molar-refractivity contribution is 6.06. The number of aromatic nitrogens is 1. The maximum absolute atomic E-state index is 12.3. The van der Waals surface area contributed by atoms with Crippen molar-refractivity contribution in [2.45, 2.75) is 0 Å². The van der Waals surface area contributed by atoms with Gasteiger partial charge in [0.05, 0.1) is 18.4 Å². The van der Waals surface area contributed by atoms with Crippen LogP contribution in [-0.4, -0.2) is 18.0 Å². The molecule has 3 aromatic rings. The first-order chi connectivity index (χ1) is 10.7. The van der Waals surface area contributed by atoms with E-state index in [9.17, 15) is 4.79 Å². The molecule has 0 fully saturated rings. The van der Waals surface area contributed by atoms with Gasteiger partial charge in [-0.1, -0.05) is 12.1 Å². The molecule has 0 saturated heterocycles. The van der Waals surface area contributed by atoms with Crippen molar-refractivity contribution in [3.8, 4) is 11.8 Å². The molecule has 0 aliphatic heterocycles. The molecular weight excluding hydrogens is 278 g/mol. The minimum atomic E-state index is -0.294. The molecule has 5 nitrogen and oxygen atoms in total. The number of nitrogens with one attached hydrogen (secondary N) is 2. The summed E-state index contributed by atoms with van der Waals surface area (Å²) in [5.41, 5.74) is 2.16. The third-order valence-corrected chi connectivity index (χ3v) is 3.37. The van der Waals surface area contributed by atoms with Crippen molar-refractivity contribution in [2.24, 2.45) is 0 Å². The standard InChI is InChI=1S/C17H13N3O2/c1-22-13-7-6-11-8-16(19-15(11)9-13)17(21)20-14-5-3-2-4-12(14)10-18/h2-9,19H,1H3,(H,20,21). The molecule has 0 bridgehead atoms. The zero-order chi connectivity index (χ0) is 15.5. The number of para-hydroxylation sites is 1. The second-order valence-electron chi connectivity index (χ2n) is 4.75. The SMILES string of the molecule is COc1ccc2cc(C(=O)Nc3ccccc3C#N)[nH]c2c1. The number of H-pyrrole nitrogens is 1.